The molecule has 2 aliphatic rings. The summed E-state index contributed by atoms with van der Waals surface area (Å²) in [6, 6.07) is 11.9. The Morgan fingerprint density at radius 3 is 2.31 bits per heavy atom. The van der Waals surface area contributed by atoms with Gasteiger partial charge in [-0.2, -0.15) is 10.1 Å². The van der Waals surface area contributed by atoms with Crippen molar-refractivity contribution in [1.29, 1.82) is 0 Å². The third kappa shape index (κ3) is 6.04. The van der Waals surface area contributed by atoms with Gasteiger partial charge in [0.15, 0.2) is 11.2 Å². The van der Waals surface area contributed by atoms with Crippen LogP contribution < -0.4 is 16.4 Å². The summed E-state index contributed by atoms with van der Waals surface area (Å²) < 4.78 is 7.27. The maximum atomic E-state index is 13.6. The van der Waals surface area contributed by atoms with Crippen LogP contribution in [0.1, 0.15) is 43.2 Å². The quantitative estimate of drug-likeness (QED) is 0.252. The number of amides is 2. The van der Waals surface area contributed by atoms with Gasteiger partial charge in [-0.3, -0.25) is 9.59 Å². The number of aromatic nitrogens is 9. The monoisotopic (exact) mass is 722 g/mol. The first-order chi connectivity index (χ1) is 26.3. The molecule has 0 unspecified atom stereocenters. The minimum absolute atomic E-state index is 0.0941. The first kappa shape index (κ1) is 32.8. The molecule has 0 radical (unpaired) electrons. The van der Waals surface area contributed by atoms with E-state index < -0.39 is 0 Å². The van der Waals surface area contributed by atoms with Crippen molar-refractivity contribution in [2.24, 2.45) is 0 Å². The average Bonchev–Trinajstić information content (AvgIpc) is 3.77. The van der Waals surface area contributed by atoms with Crippen molar-refractivity contribution < 1.29 is 14.0 Å². The highest BCUT2D eigenvalue weighted by Crippen LogP contribution is 2.33. The van der Waals surface area contributed by atoms with Crippen molar-refractivity contribution in [3.63, 3.8) is 0 Å². The Morgan fingerprint density at radius 2 is 1.54 bits per heavy atom. The van der Waals surface area contributed by atoms with E-state index in [1.54, 1.807) is 42.7 Å². The second-order valence-electron chi connectivity index (χ2n) is 13.3. The second-order valence-corrected chi connectivity index (χ2v) is 13.3. The lowest BCUT2D eigenvalue weighted by atomic mass is 9.97. The van der Waals surface area contributed by atoms with Crippen molar-refractivity contribution in [3.05, 3.63) is 101 Å². The number of hydrogen-bond acceptors (Lipinski definition) is 14. The molecule has 17 heteroatoms. The van der Waals surface area contributed by atoms with Crippen LogP contribution in [0.3, 0.4) is 0 Å². The number of carbonyl (C=O) groups excluding carboxylic acids is 2. The van der Waals surface area contributed by atoms with E-state index in [9.17, 15) is 9.59 Å². The van der Waals surface area contributed by atoms with Crippen LogP contribution in [0.25, 0.3) is 33.4 Å². The Balaban J connectivity index is 0.858. The SMILES string of the molecule is Cc1ncc(C(=O)N2CCN(c3ncc(C(=O)N4CCc5cc(Cn6nc(-c7ccc8oc(N)nc8c7)c7c(N)ncnc76)ccc5C4)cn3)CC2)cn1. The Morgan fingerprint density at radius 1 is 0.796 bits per heavy atom. The first-order valence-corrected chi connectivity index (χ1v) is 17.5. The van der Waals surface area contributed by atoms with Crippen molar-refractivity contribution in [3.8, 4) is 11.3 Å². The first-order valence-electron chi connectivity index (χ1n) is 17.5. The number of carbonyl (C=O) groups is 2. The minimum atomic E-state index is -0.119. The number of rotatable bonds is 6. The van der Waals surface area contributed by atoms with E-state index in [2.05, 4.69) is 53.1 Å². The number of hydrogen-bond donors (Lipinski definition) is 2. The lowest BCUT2D eigenvalue weighted by molar-refractivity contribution is 0.0729. The largest absolute Gasteiger partial charge is 0.424 e. The molecule has 0 bridgehead atoms. The van der Waals surface area contributed by atoms with Crippen molar-refractivity contribution in [1.82, 2.24) is 54.5 Å². The Kier molecular flexibility index (Phi) is 8.01. The molecule has 4 N–H and O–H groups in total. The molecule has 270 valence electrons. The minimum Gasteiger partial charge on any atom is -0.424 e. The molecule has 5 aromatic heterocycles. The maximum absolute atomic E-state index is 13.6. The molecule has 7 heterocycles. The molecule has 54 heavy (non-hydrogen) atoms. The normalized spacial score (nSPS) is 14.5. The van der Waals surface area contributed by atoms with Crippen molar-refractivity contribution in [2.45, 2.75) is 26.4 Å². The second kappa shape index (κ2) is 13.2. The molecule has 2 amide bonds. The van der Waals surface area contributed by atoms with Crippen LogP contribution in [0.5, 0.6) is 0 Å². The number of anilines is 3. The van der Waals surface area contributed by atoms with Crippen LogP contribution in [-0.4, -0.2) is 99.0 Å². The van der Waals surface area contributed by atoms with Crippen LogP contribution in [0, 0.1) is 6.92 Å². The molecule has 2 aliphatic heterocycles. The van der Waals surface area contributed by atoms with Crippen LogP contribution in [0.15, 0.2) is 71.9 Å². The molecule has 0 saturated carbocycles. The molecule has 17 nitrogen and oxygen atoms in total. The number of piperazine rings is 1. The number of nitrogens with two attached hydrogens (primary N) is 2. The van der Waals surface area contributed by atoms with E-state index in [4.69, 9.17) is 21.0 Å². The summed E-state index contributed by atoms with van der Waals surface area (Å²) >= 11 is 0. The molecule has 2 aromatic carbocycles. The van der Waals surface area contributed by atoms with E-state index in [-0.39, 0.29) is 17.8 Å². The molecule has 1 fully saturated rings. The van der Waals surface area contributed by atoms with E-state index in [1.807, 2.05) is 26.6 Å². The topological polar surface area (TPSA) is 217 Å². The molecule has 1 saturated heterocycles. The Labute approximate surface area is 307 Å². The summed E-state index contributed by atoms with van der Waals surface area (Å²) in [7, 11) is 0. The highest BCUT2D eigenvalue weighted by atomic mass is 16.4. The van der Waals surface area contributed by atoms with Crippen molar-refractivity contribution >= 4 is 51.7 Å². The van der Waals surface area contributed by atoms with Crippen LogP contribution in [0.4, 0.5) is 17.8 Å². The van der Waals surface area contributed by atoms with E-state index in [1.165, 1.54) is 11.9 Å². The van der Waals surface area contributed by atoms with Crippen LogP contribution in [0.2, 0.25) is 0 Å². The van der Waals surface area contributed by atoms with E-state index >= 15 is 0 Å². The predicted octanol–water partition coefficient (Wildman–Crippen LogP) is 2.90. The van der Waals surface area contributed by atoms with Gasteiger partial charge in [0, 0.05) is 69.6 Å². The summed E-state index contributed by atoms with van der Waals surface area (Å²) in [5, 5.41) is 5.58. The number of nitrogens with zero attached hydrogens (tertiary/aromatic N) is 12. The van der Waals surface area contributed by atoms with Gasteiger partial charge >= 0.3 is 0 Å². The zero-order valence-electron chi connectivity index (χ0n) is 29.3. The van der Waals surface area contributed by atoms with Crippen molar-refractivity contribution in [2.75, 3.05) is 49.1 Å². The average molecular weight is 723 g/mol. The fraction of sp³-hybridized carbons (Fsp3) is 0.243. The molecular formula is C37H34N14O3. The Bertz CT molecular complexity index is 2560. The fourth-order valence-corrected chi connectivity index (χ4v) is 7.06. The number of oxazole rings is 1. The van der Waals surface area contributed by atoms with Gasteiger partial charge in [0.2, 0.25) is 5.95 Å². The van der Waals surface area contributed by atoms with E-state index in [0.717, 1.165) is 16.7 Å². The number of nitrogen functional groups attached to an aromatic ring is 2. The zero-order chi connectivity index (χ0) is 36.9. The van der Waals surface area contributed by atoms with E-state index in [0.29, 0.717) is 109 Å². The van der Waals surface area contributed by atoms with Gasteiger partial charge in [-0.05, 0) is 48.2 Å². The summed E-state index contributed by atoms with van der Waals surface area (Å²) in [5.74, 6) is 1.27. The van der Waals surface area contributed by atoms with Crippen LogP contribution in [-0.2, 0) is 19.5 Å². The number of fused-ring (bicyclic) bond motifs is 3. The van der Waals surface area contributed by atoms with Gasteiger partial charge in [0.05, 0.1) is 23.1 Å². The van der Waals surface area contributed by atoms with Gasteiger partial charge in [-0.15, -0.1) is 0 Å². The summed E-state index contributed by atoms with van der Waals surface area (Å²) in [4.78, 5) is 62.3. The highest BCUT2D eigenvalue weighted by molar-refractivity contribution is 5.99. The van der Waals surface area contributed by atoms with Crippen LogP contribution >= 0.6 is 0 Å². The maximum Gasteiger partial charge on any atom is 0.292 e. The third-order valence-electron chi connectivity index (χ3n) is 9.90. The standard InChI is InChI=1S/C37H34N14O3/c1-21-40-14-26(15-41-21)34(52)48-8-10-49(11-9-48)37-42-16-27(17-43-37)35(53)50-7-6-23-12-22(2-3-25(23)19-50)18-51-33-30(32(38)44-20-45-33)31(47-51)24-4-5-29-28(13-24)46-36(39)54-29/h2-5,12-17,20H,6-11,18-19H2,1H3,(H2,39,46)(H2,38,44,45). The van der Waals surface area contributed by atoms with Gasteiger partial charge < -0.3 is 30.6 Å². The van der Waals surface area contributed by atoms with Gasteiger partial charge in [0.1, 0.15) is 29.2 Å². The Hall–Kier alpha value is -7.04. The number of aryl methyl sites for hydroxylation is 1. The molecule has 0 atom stereocenters. The van der Waals surface area contributed by atoms with Gasteiger partial charge in [0.25, 0.3) is 17.8 Å². The smallest absolute Gasteiger partial charge is 0.292 e. The highest BCUT2D eigenvalue weighted by Gasteiger charge is 2.26. The lowest BCUT2D eigenvalue weighted by Crippen LogP contribution is -2.49. The lowest BCUT2D eigenvalue weighted by Gasteiger charge is -2.34. The zero-order valence-corrected chi connectivity index (χ0v) is 29.3. The third-order valence-corrected chi connectivity index (χ3v) is 9.90. The molecule has 0 spiro atoms. The number of benzene rings is 2. The fourth-order valence-electron chi connectivity index (χ4n) is 7.06. The summed E-state index contributed by atoms with van der Waals surface area (Å²) in [5.41, 5.74) is 19.6. The van der Waals surface area contributed by atoms with Gasteiger partial charge in [-0.25, -0.2) is 34.6 Å². The predicted molar refractivity (Wildman–Crippen MR) is 198 cm³/mol. The summed E-state index contributed by atoms with van der Waals surface area (Å²) in [6.07, 6.45) is 8.43. The van der Waals surface area contributed by atoms with Gasteiger partial charge in [-0.1, -0.05) is 18.2 Å². The molecular weight excluding hydrogens is 689 g/mol. The summed E-state index contributed by atoms with van der Waals surface area (Å²) in [6.45, 7) is 5.47. The molecule has 7 aromatic rings. The molecule has 9 rings (SSSR count). The molecule has 0 aliphatic carbocycles.